The molecule has 1 unspecified atom stereocenters. The molecule has 0 amide bonds. The fourth-order valence-electron chi connectivity index (χ4n) is 1.93. The maximum Gasteiger partial charge on any atom is 0.416 e. The van der Waals surface area contributed by atoms with Gasteiger partial charge in [-0.05, 0) is 36.5 Å². The molecule has 17 heavy (non-hydrogen) atoms. The van der Waals surface area contributed by atoms with Gasteiger partial charge in [0.05, 0.1) is 5.56 Å². The molecule has 4 heteroatoms. The standard InChI is InChI=1S/C13H14F3N/c1-9-5-6-12(17-8-9)10-3-2-4-11(7-10)13(14,15)16/h2-4,7,9H,5-6,8H2,1H3. The molecule has 1 heterocycles. The van der Waals surface area contributed by atoms with E-state index in [4.69, 9.17) is 0 Å². The van der Waals surface area contributed by atoms with Gasteiger partial charge in [-0.1, -0.05) is 19.1 Å². The lowest BCUT2D eigenvalue weighted by atomic mass is 9.95. The quantitative estimate of drug-likeness (QED) is 0.706. The number of halogens is 3. The minimum absolute atomic E-state index is 0.532. The molecule has 1 aliphatic heterocycles. The Labute approximate surface area is 98.4 Å². The molecular formula is C13H14F3N. The number of aliphatic imine (C=N–C) groups is 1. The lowest BCUT2D eigenvalue weighted by Crippen LogP contribution is -2.15. The summed E-state index contributed by atoms with van der Waals surface area (Å²) in [6.45, 7) is 2.82. The van der Waals surface area contributed by atoms with Gasteiger partial charge < -0.3 is 0 Å². The molecule has 1 aromatic rings. The first kappa shape index (κ1) is 12.1. The summed E-state index contributed by atoms with van der Waals surface area (Å²) in [5, 5.41) is 0. The number of hydrogen-bond acceptors (Lipinski definition) is 1. The molecule has 0 saturated carbocycles. The molecule has 0 saturated heterocycles. The first-order chi connectivity index (χ1) is 7.97. The van der Waals surface area contributed by atoms with Crippen molar-refractivity contribution in [1.29, 1.82) is 0 Å². The van der Waals surface area contributed by atoms with E-state index in [9.17, 15) is 13.2 Å². The summed E-state index contributed by atoms with van der Waals surface area (Å²) in [4.78, 5) is 4.35. The third kappa shape index (κ3) is 2.87. The number of alkyl halides is 3. The summed E-state index contributed by atoms with van der Waals surface area (Å²) < 4.78 is 37.7. The van der Waals surface area contributed by atoms with Crippen LogP contribution in [0.5, 0.6) is 0 Å². The molecule has 0 aromatic heterocycles. The second-order valence-electron chi connectivity index (χ2n) is 4.51. The van der Waals surface area contributed by atoms with Crippen molar-refractivity contribution in [2.24, 2.45) is 10.9 Å². The van der Waals surface area contributed by atoms with Crippen LogP contribution in [0.25, 0.3) is 0 Å². The van der Waals surface area contributed by atoms with Crippen molar-refractivity contribution in [3.05, 3.63) is 35.4 Å². The van der Waals surface area contributed by atoms with Gasteiger partial charge in [0.15, 0.2) is 0 Å². The van der Waals surface area contributed by atoms with Crippen LogP contribution < -0.4 is 0 Å². The topological polar surface area (TPSA) is 12.4 Å². The van der Waals surface area contributed by atoms with Gasteiger partial charge in [0.25, 0.3) is 0 Å². The van der Waals surface area contributed by atoms with Crippen molar-refractivity contribution < 1.29 is 13.2 Å². The summed E-state index contributed by atoms with van der Waals surface area (Å²) in [7, 11) is 0. The first-order valence-electron chi connectivity index (χ1n) is 5.68. The van der Waals surface area contributed by atoms with Crippen LogP contribution in [-0.4, -0.2) is 12.3 Å². The number of nitrogens with zero attached hydrogens (tertiary/aromatic N) is 1. The molecule has 1 atom stereocenters. The van der Waals surface area contributed by atoms with Gasteiger partial charge in [0, 0.05) is 12.3 Å². The third-order valence-corrected chi connectivity index (χ3v) is 2.99. The zero-order valence-electron chi connectivity index (χ0n) is 9.59. The van der Waals surface area contributed by atoms with Crippen LogP contribution in [0.4, 0.5) is 13.2 Å². The van der Waals surface area contributed by atoms with E-state index in [1.54, 1.807) is 6.07 Å². The molecule has 92 valence electrons. The van der Waals surface area contributed by atoms with Crippen LogP contribution in [0.3, 0.4) is 0 Å². The predicted molar refractivity (Wildman–Crippen MR) is 61.2 cm³/mol. The Balaban J connectivity index is 2.28. The van der Waals surface area contributed by atoms with E-state index in [0.717, 1.165) is 24.6 Å². The van der Waals surface area contributed by atoms with Crippen LogP contribution in [0, 0.1) is 5.92 Å². The molecule has 0 radical (unpaired) electrons. The second kappa shape index (κ2) is 4.51. The number of hydrogen-bond donors (Lipinski definition) is 0. The fraction of sp³-hybridized carbons (Fsp3) is 0.462. The Bertz CT molecular complexity index is 435. The summed E-state index contributed by atoms with van der Waals surface area (Å²) in [6, 6.07) is 5.42. The van der Waals surface area contributed by atoms with E-state index in [2.05, 4.69) is 11.9 Å². The average Bonchev–Trinajstić information content (AvgIpc) is 2.29. The Kier molecular flexibility index (Phi) is 3.22. The molecule has 1 aromatic carbocycles. The molecule has 1 aliphatic rings. The SMILES string of the molecule is CC1CCC(c2cccc(C(F)(F)F)c2)=NC1. The van der Waals surface area contributed by atoms with Gasteiger partial charge >= 0.3 is 6.18 Å². The van der Waals surface area contributed by atoms with Gasteiger partial charge in [-0.25, -0.2) is 0 Å². The minimum atomic E-state index is -4.28. The van der Waals surface area contributed by atoms with Gasteiger partial charge in [-0.3, -0.25) is 4.99 Å². The predicted octanol–water partition coefficient (Wildman–Crippen LogP) is 3.92. The molecular weight excluding hydrogens is 227 g/mol. The van der Waals surface area contributed by atoms with Crippen molar-refractivity contribution in [2.75, 3.05) is 6.54 Å². The Morgan fingerprint density at radius 1 is 1.29 bits per heavy atom. The normalized spacial score (nSPS) is 21.2. The zero-order chi connectivity index (χ0) is 12.5. The summed E-state index contributed by atoms with van der Waals surface area (Å²) in [6.07, 6.45) is -2.52. The molecule has 0 bridgehead atoms. The Hall–Kier alpha value is -1.32. The van der Waals surface area contributed by atoms with Crippen LogP contribution >= 0.6 is 0 Å². The van der Waals surface area contributed by atoms with Gasteiger partial charge in [0.1, 0.15) is 0 Å². The minimum Gasteiger partial charge on any atom is -0.289 e. The van der Waals surface area contributed by atoms with Gasteiger partial charge in [0.2, 0.25) is 0 Å². The highest BCUT2D eigenvalue weighted by molar-refractivity contribution is 6.01. The first-order valence-corrected chi connectivity index (χ1v) is 5.68. The highest BCUT2D eigenvalue weighted by atomic mass is 19.4. The number of benzene rings is 1. The maximum atomic E-state index is 12.6. The third-order valence-electron chi connectivity index (χ3n) is 2.99. The molecule has 2 rings (SSSR count). The summed E-state index contributed by atoms with van der Waals surface area (Å²) in [5.41, 5.74) is 0.803. The Morgan fingerprint density at radius 2 is 2.06 bits per heavy atom. The summed E-state index contributed by atoms with van der Waals surface area (Å²) >= 11 is 0. The average molecular weight is 241 g/mol. The lowest BCUT2D eigenvalue weighted by molar-refractivity contribution is -0.137. The van der Waals surface area contributed by atoms with Gasteiger partial charge in [-0.15, -0.1) is 0 Å². The zero-order valence-corrected chi connectivity index (χ0v) is 9.59. The number of rotatable bonds is 1. The summed E-state index contributed by atoms with van der Waals surface area (Å²) in [5.74, 6) is 0.532. The molecule has 0 N–H and O–H groups in total. The van der Waals surface area contributed by atoms with E-state index >= 15 is 0 Å². The lowest BCUT2D eigenvalue weighted by Gasteiger charge is -2.18. The van der Waals surface area contributed by atoms with E-state index in [-0.39, 0.29) is 0 Å². The monoisotopic (exact) mass is 241 g/mol. The van der Waals surface area contributed by atoms with E-state index in [1.165, 1.54) is 12.1 Å². The van der Waals surface area contributed by atoms with Crippen molar-refractivity contribution in [3.63, 3.8) is 0 Å². The highest BCUT2D eigenvalue weighted by Gasteiger charge is 2.30. The fourth-order valence-corrected chi connectivity index (χ4v) is 1.93. The van der Waals surface area contributed by atoms with Crippen molar-refractivity contribution >= 4 is 5.71 Å². The molecule has 0 aliphatic carbocycles. The van der Waals surface area contributed by atoms with Crippen molar-refractivity contribution in [1.82, 2.24) is 0 Å². The van der Waals surface area contributed by atoms with Crippen molar-refractivity contribution in [2.45, 2.75) is 25.9 Å². The molecule has 0 fully saturated rings. The van der Waals surface area contributed by atoms with Crippen LogP contribution in [0.2, 0.25) is 0 Å². The molecule has 1 nitrogen and oxygen atoms in total. The van der Waals surface area contributed by atoms with Crippen LogP contribution in [0.15, 0.2) is 29.3 Å². The van der Waals surface area contributed by atoms with E-state index < -0.39 is 11.7 Å². The smallest absolute Gasteiger partial charge is 0.289 e. The van der Waals surface area contributed by atoms with E-state index in [0.29, 0.717) is 18.0 Å². The maximum absolute atomic E-state index is 12.6. The second-order valence-corrected chi connectivity index (χ2v) is 4.51. The van der Waals surface area contributed by atoms with Gasteiger partial charge in [-0.2, -0.15) is 13.2 Å². The largest absolute Gasteiger partial charge is 0.416 e. The highest BCUT2D eigenvalue weighted by Crippen LogP contribution is 2.30. The van der Waals surface area contributed by atoms with Crippen molar-refractivity contribution in [3.8, 4) is 0 Å². The van der Waals surface area contributed by atoms with E-state index in [1.807, 2.05) is 0 Å². The van der Waals surface area contributed by atoms with Crippen LogP contribution in [-0.2, 0) is 6.18 Å². The molecule has 0 spiro atoms. The van der Waals surface area contributed by atoms with Crippen LogP contribution in [0.1, 0.15) is 30.9 Å². The Morgan fingerprint density at radius 3 is 2.65 bits per heavy atom.